The number of cyclic esters (lactones) is 1. The van der Waals surface area contributed by atoms with E-state index in [1.165, 1.54) is 25.7 Å². The fourth-order valence-electron chi connectivity index (χ4n) is 9.68. The molecule has 11 heteroatoms. The van der Waals surface area contributed by atoms with E-state index in [1.807, 2.05) is 20.8 Å². The second-order valence-corrected chi connectivity index (χ2v) is 15.0. The normalized spacial score (nSPS) is 39.1. The molecule has 1 aliphatic heterocycles. The van der Waals surface area contributed by atoms with Gasteiger partial charge in [-0.15, -0.1) is 0 Å². The molecule has 0 saturated heterocycles. The topological polar surface area (TPSA) is 156 Å². The molecule has 1 aromatic rings. The zero-order valence-electron chi connectivity index (χ0n) is 28.3. The van der Waals surface area contributed by atoms with Gasteiger partial charge in [-0.05, 0) is 42.4 Å². The lowest BCUT2D eigenvalue weighted by Crippen LogP contribution is -2.77. The van der Waals surface area contributed by atoms with Crippen molar-refractivity contribution in [2.24, 2.45) is 34.0 Å². The summed E-state index contributed by atoms with van der Waals surface area (Å²) >= 11 is 0. The minimum atomic E-state index is -2.54. The smallest absolute Gasteiger partial charge is 0.331 e. The Labute approximate surface area is 274 Å². The molecule has 11 nitrogen and oxygen atoms in total. The first-order valence-electron chi connectivity index (χ1n) is 16.4. The Morgan fingerprint density at radius 1 is 1.11 bits per heavy atom. The molecule has 2 fully saturated rings. The van der Waals surface area contributed by atoms with Crippen LogP contribution in [0.25, 0.3) is 0 Å². The number of ketones is 1. The van der Waals surface area contributed by atoms with Gasteiger partial charge >= 0.3 is 23.9 Å². The Bertz CT molecular complexity index is 1620. The fourth-order valence-corrected chi connectivity index (χ4v) is 9.68. The van der Waals surface area contributed by atoms with Crippen LogP contribution in [0.2, 0.25) is 0 Å². The molecule has 254 valence electrons. The molecule has 0 unspecified atom stereocenters. The average Bonchev–Trinajstić information content (AvgIpc) is 3.68. The van der Waals surface area contributed by atoms with Gasteiger partial charge in [-0.2, -0.15) is 0 Å². The van der Waals surface area contributed by atoms with Gasteiger partial charge in [0.15, 0.2) is 5.60 Å². The molecule has 0 aromatic carbocycles. The molecule has 2 bridgehead atoms. The first-order valence-corrected chi connectivity index (χ1v) is 16.4. The van der Waals surface area contributed by atoms with Crippen LogP contribution in [0.3, 0.4) is 0 Å². The number of rotatable bonds is 8. The largest absolute Gasteiger partial charge is 0.472 e. The van der Waals surface area contributed by atoms with Gasteiger partial charge in [-0.3, -0.25) is 19.2 Å². The molecule has 6 rings (SSSR count). The van der Waals surface area contributed by atoms with E-state index < -0.39 is 87.1 Å². The van der Waals surface area contributed by atoms with E-state index in [0.29, 0.717) is 36.0 Å². The van der Waals surface area contributed by atoms with Crippen LogP contribution >= 0.6 is 0 Å². The van der Waals surface area contributed by atoms with E-state index in [9.17, 15) is 24.3 Å². The first kappa shape index (κ1) is 33.2. The Morgan fingerprint density at radius 2 is 1.81 bits per heavy atom. The highest BCUT2D eigenvalue weighted by Crippen LogP contribution is 2.80. The number of fused-ring (bicyclic) bond motifs is 4. The van der Waals surface area contributed by atoms with Crippen LogP contribution < -0.4 is 0 Å². The van der Waals surface area contributed by atoms with Crippen molar-refractivity contribution in [1.82, 2.24) is 0 Å². The third-order valence-corrected chi connectivity index (χ3v) is 12.4. The summed E-state index contributed by atoms with van der Waals surface area (Å²) in [6.45, 7) is 12.3. The third-order valence-electron chi connectivity index (χ3n) is 12.4. The van der Waals surface area contributed by atoms with Crippen LogP contribution in [-0.2, 0) is 42.9 Å². The lowest BCUT2D eigenvalue weighted by atomic mass is 9.43. The second-order valence-electron chi connectivity index (χ2n) is 15.0. The molecule has 1 aromatic heterocycles. The quantitative estimate of drug-likeness (QED) is 0.306. The van der Waals surface area contributed by atoms with Crippen molar-refractivity contribution in [2.45, 2.75) is 104 Å². The second kappa shape index (κ2) is 10.6. The van der Waals surface area contributed by atoms with Crippen LogP contribution in [0.4, 0.5) is 0 Å². The number of carbonyl (C=O) groups is 5. The summed E-state index contributed by atoms with van der Waals surface area (Å²) in [5.74, 6) is -5.10. The van der Waals surface area contributed by atoms with E-state index in [4.69, 9.17) is 23.4 Å². The Balaban J connectivity index is 1.65. The average molecular weight is 653 g/mol. The van der Waals surface area contributed by atoms with Crippen LogP contribution in [0.5, 0.6) is 0 Å². The monoisotopic (exact) mass is 652 g/mol. The standard InChI is InChI=1S/C36H44O11/c1-9-19(4)30(41)46-31-33(6)17-35(47-29(40)18(2)3)34(7,23(33)15-24(37)43-8)21-10-12-32(5)22(26(21)27(39)36(31,35)42)14-25(38)45-28(32)20-11-13-44-16-20/h11,13-14,16,18-19,23,28,31,42H,9-10,12,15,17H2,1-8H3/t19-,23+,28-,31+,32+,33+,34+,35+,36+/m0/s1. The number of Topliss-reactive ketones (excluding diaryl/α,β-unsaturated/α-hetero) is 1. The van der Waals surface area contributed by atoms with Crippen molar-refractivity contribution < 1.29 is 52.4 Å². The Hall–Kier alpha value is -3.73. The minimum absolute atomic E-state index is 0.0376. The van der Waals surface area contributed by atoms with Crippen LogP contribution in [0, 0.1) is 34.0 Å². The molecular formula is C36H44O11. The third kappa shape index (κ3) is 4.04. The number of ether oxygens (including phenoxy) is 4. The summed E-state index contributed by atoms with van der Waals surface area (Å²) in [5.41, 5.74) is -6.09. The van der Waals surface area contributed by atoms with E-state index in [2.05, 4.69) is 0 Å². The number of aliphatic hydroxyl groups is 1. The Kier molecular flexibility index (Phi) is 7.51. The van der Waals surface area contributed by atoms with Crippen molar-refractivity contribution in [1.29, 1.82) is 0 Å². The SMILES string of the molecule is CC[C@H](C)C(=O)O[C@@H]1[C@]2(C)C[C@]3(OC(=O)C(C)C)[C@@]1(O)C(=O)C1=C(CC[C@]4(C)C1=CC(=O)O[C@H]4c1ccoc1)[C@]3(C)[C@@H]2CC(=O)OC. The summed E-state index contributed by atoms with van der Waals surface area (Å²) in [6.07, 6.45) is 3.02. The van der Waals surface area contributed by atoms with Crippen LogP contribution in [-0.4, -0.2) is 59.2 Å². The lowest BCUT2D eigenvalue weighted by molar-refractivity contribution is -0.260. The molecule has 0 amide bonds. The first-order chi connectivity index (χ1) is 22.0. The molecule has 5 aliphatic rings. The van der Waals surface area contributed by atoms with E-state index >= 15 is 4.79 Å². The number of hydrogen-bond donors (Lipinski definition) is 1. The molecule has 2 heterocycles. The maximum Gasteiger partial charge on any atom is 0.331 e. The maximum absolute atomic E-state index is 15.3. The molecule has 2 saturated carbocycles. The summed E-state index contributed by atoms with van der Waals surface area (Å²) < 4.78 is 28.9. The minimum Gasteiger partial charge on any atom is -0.472 e. The van der Waals surface area contributed by atoms with Gasteiger partial charge in [0.2, 0.25) is 11.4 Å². The zero-order chi connectivity index (χ0) is 34.5. The van der Waals surface area contributed by atoms with E-state index in [-0.39, 0.29) is 18.4 Å². The Morgan fingerprint density at radius 3 is 2.40 bits per heavy atom. The number of methoxy groups -OCH3 is 1. The maximum atomic E-state index is 15.3. The van der Waals surface area contributed by atoms with Gasteiger partial charge in [-0.25, -0.2) is 4.79 Å². The van der Waals surface area contributed by atoms with Gasteiger partial charge in [0.05, 0.1) is 31.5 Å². The molecule has 0 spiro atoms. The number of esters is 4. The molecule has 4 aliphatic carbocycles. The van der Waals surface area contributed by atoms with Gasteiger partial charge in [0.25, 0.3) is 0 Å². The summed E-state index contributed by atoms with van der Waals surface area (Å²) in [6, 6.07) is 1.70. The van der Waals surface area contributed by atoms with E-state index in [1.54, 1.807) is 33.8 Å². The highest BCUT2D eigenvalue weighted by molar-refractivity contribution is 6.12. The zero-order valence-corrected chi connectivity index (χ0v) is 28.3. The highest BCUT2D eigenvalue weighted by atomic mass is 16.6. The van der Waals surface area contributed by atoms with Crippen molar-refractivity contribution in [3.8, 4) is 0 Å². The van der Waals surface area contributed by atoms with Crippen molar-refractivity contribution in [3.05, 3.63) is 47.0 Å². The van der Waals surface area contributed by atoms with Crippen LogP contribution in [0.15, 0.2) is 45.8 Å². The van der Waals surface area contributed by atoms with E-state index in [0.717, 1.165) is 0 Å². The molecule has 1 N–H and O–H groups in total. The van der Waals surface area contributed by atoms with Gasteiger partial charge in [0.1, 0.15) is 12.2 Å². The molecular weight excluding hydrogens is 608 g/mol. The summed E-state index contributed by atoms with van der Waals surface area (Å²) in [4.78, 5) is 68.7. The predicted octanol–water partition coefficient (Wildman–Crippen LogP) is 4.72. The molecule has 47 heavy (non-hydrogen) atoms. The lowest BCUT2D eigenvalue weighted by Gasteiger charge is -2.63. The summed E-state index contributed by atoms with van der Waals surface area (Å²) in [7, 11) is 1.28. The predicted molar refractivity (Wildman–Crippen MR) is 164 cm³/mol. The number of carbonyl (C=O) groups excluding carboxylic acids is 5. The van der Waals surface area contributed by atoms with Crippen molar-refractivity contribution in [2.75, 3.05) is 7.11 Å². The van der Waals surface area contributed by atoms with Crippen LogP contribution in [0.1, 0.15) is 92.2 Å². The van der Waals surface area contributed by atoms with Gasteiger partial charge < -0.3 is 28.5 Å². The fraction of sp³-hybridized carbons (Fsp3) is 0.639. The van der Waals surface area contributed by atoms with Crippen molar-refractivity contribution in [3.63, 3.8) is 0 Å². The number of furan rings is 1. The summed E-state index contributed by atoms with van der Waals surface area (Å²) in [5, 5.41) is 13.2. The van der Waals surface area contributed by atoms with Crippen molar-refractivity contribution >= 4 is 29.7 Å². The molecule has 0 radical (unpaired) electrons. The highest BCUT2D eigenvalue weighted by Gasteiger charge is 2.91. The molecule has 9 atom stereocenters. The van der Waals surface area contributed by atoms with Gasteiger partial charge in [-0.1, -0.05) is 48.5 Å². The van der Waals surface area contributed by atoms with Gasteiger partial charge in [0, 0.05) is 46.3 Å². The number of hydrogen-bond acceptors (Lipinski definition) is 11.